The van der Waals surface area contributed by atoms with Gasteiger partial charge in [0.1, 0.15) is 11.9 Å². The van der Waals surface area contributed by atoms with Crippen molar-refractivity contribution in [1.29, 1.82) is 0 Å². The van der Waals surface area contributed by atoms with Crippen molar-refractivity contribution in [3.05, 3.63) is 65.2 Å². The number of aryl methyl sites for hydroxylation is 1. The lowest BCUT2D eigenvalue weighted by molar-refractivity contribution is 0.0734. The van der Waals surface area contributed by atoms with Crippen molar-refractivity contribution >= 4 is 16.4 Å². The first-order valence-corrected chi connectivity index (χ1v) is 8.72. The van der Waals surface area contributed by atoms with Gasteiger partial charge < -0.3 is 4.74 Å². The maximum Gasteiger partial charge on any atom is 0.397 e. The number of ether oxygens (including phenoxy) is 1. The second kappa shape index (κ2) is 7.57. The minimum absolute atomic E-state index is 0.322. The molecular formula is C17H18O6S. The van der Waals surface area contributed by atoms with Crippen LogP contribution in [0.1, 0.15) is 41.4 Å². The zero-order valence-corrected chi connectivity index (χ0v) is 14.1. The zero-order chi connectivity index (χ0) is 17.7. The van der Waals surface area contributed by atoms with Crippen LogP contribution in [0.2, 0.25) is 0 Å². The summed E-state index contributed by atoms with van der Waals surface area (Å²) in [5.41, 5.74) is 2.09. The van der Waals surface area contributed by atoms with E-state index in [4.69, 9.17) is 9.29 Å². The van der Waals surface area contributed by atoms with Gasteiger partial charge in [-0.15, -0.1) is 0 Å². The van der Waals surface area contributed by atoms with Crippen LogP contribution < -0.4 is 4.74 Å². The van der Waals surface area contributed by atoms with Gasteiger partial charge in [0, 0.05) is 0 Å². The lowest BCUT2D eigenvalue weighted by Crippen LogP contribution is -2.09. The molecule has 0 aromatic heterocycles. The molecule has 2 rings (SSSR count). The number of esters is 1. The fraction of sp³-hybridized carbons (Fsp3) is 0.235. The van der Waals surface area contributed by atoms with Crippen LogP contribution in [-0.4, -0.2) is 18.9 Å². The SMILES string of the molecule is CCc1ccc(C(=O)Oc2ccc(C(C)OS(=O)(=O)O)cc2)cc1. The van der Waals surface area contributed by atoms with E-state index in [1.165, 1.54) is 19.1 Å². The molecule has 1 atom stereocenters. The van der Waals surface area contributed by atoms with Gasteiger partial charge >= 0.3 is 16.4 Å². The van der Waals surface area contributed by atoms with Gasteiger partial charge in [0.15, 0.2) is 0 Å². The Morgan fingerprint density at radius 3 is 2.17 bits per heavy atom. The van der Waals surface area contributed by atoms with Crippen LogP contribution in [0.4, 0.5) is 0 Å². The van der Waals surface area contributed by atoms with E-state index in [0.717, 1.165) is 12.0 Å². The van der Waals surface area contributed by atoms with Gasteiger partial charge in [-0.25, -0.2) is 8.98 Å². The largest absolute Gasteiger partial charge is 0.423 e. The topological polar surface area (TPSA) is 89.9 Å². The molecule has 2 aromatic rings. The van der Waals surface area contributed by atoms with E-state index in [-0.39, 0.29) is 0 Å². The molecular weight excluding hydrogens is 332 g/mol. The molecule has 24 heavy (non-hydrogen) atoms. The van der Waals surface area contributed by atoms with Crippen LogP contribution in [0.25, 0.3) is 0 Å². The van der Waals surface area contributed by atoms with Crippen LogP contribution in [0.5, 0.6) is 5.75 Å². The molecule has 0 amide bonds. The Bertz CT molecular complexity index is 794. The third kappa shape index (κ3) is 5.16. The van der Waals surface area contributed by atoms with E-state index in [0.29, 0.717) is 16.9 Å². The maximum absolute atomic E-state index is 12.1. The fourth-order valence-electron chi connectivity index (χ4n) is 2.09. The molecule has 128 valence electrons. The standard InChI is InChI=1S/C17H18O6S/c1-3-13-4-6-15(7-5-13)17(18)22-16-10-8-14(9-11-16)12(2)23-24(19,20)21/h4-12H,3H2,1-2H3,(H,19,20,21). The first-order valence-electron chi connectivity index (χ1n) is 7.35. The van der Waals surface area contributed by atoms with Crippen LogP contribution >= 0.6 is 0 Å². The van der Waals surface area contributed by atoms with Crippen LogP contribution in [0, 0.1) is 0 Å². The number of carbonyl (C=O) groups is 1. The molecule has 1 unspecified atom stereocenters. The van der Waals surface area contributed by atoms with E-state index in [9.17, 15) is 13.2 Å². The summed E-state index contributed by atoms with van der Waals surface area (Å²) in [5.74, 6) is -0.157. The summed E-state index contributed by atoms with van der Waals surface area (Å²) in [5, 5.41) is 0. The Kier molecular flexibility index (Phi) is 5.71. The van der Waals surface area contributed by atoms with Crippen molar-refractivity contribution in [1.82, 2.24) is 0 Å². The molecule has 2 aromatic carbocycles. The molecule has 0 saturated carbocycles. The van der Waals surface area contributed by atoms with E-state index < -0.39 is 22.5 Å². The number of benzene rings is 2. The maximum atomic E-state index is 12.1. The zero-order valence-electron chi connectivity index (χ0n) is 13.3. The van der Waals surface area contributed by atoms with Crippen LogP contribution in [-0.2, 0) is 21.0 Å². The van der Waals surface area contributed by atoms with Crippen molar-refractivity contribution < 1.29 is 26.7 Å². The summed E-state index contributed by atoms with van der Waals surface area (Å²) in [6, 6.07) is 13.3. The van der Waals surface area contributed by atoms with E-state index in [1.54, 1.807) is 24.3 Å². The molecule has 0 radical (unpaired) electrons. The normalized spacial score (nSPS) is 12.6. The van der Waals surface area contributed by atoms with Crippen molar-refractivity contribution in [2.24, 2.45) is 0 Å². The van der Waals surface area contributed by atoms with Crippen molar-refractivity contribution in [2.75, 3.05) is 0 Å². The van der Waals surface area contributed by atoms with Crippen LogP contribution in [0.15, 0.2) is 48.5 Å². The Morgan fingerprint density at radius 1 is 1.08 bits per heavy atom. The summed E-state index contributed by atoms with van der Waals surface area (Å²) >= 11 is 0. The summed E-state index contributed by atoms with van der Waals surface area (Å²) in [6.07, 6.45) is 0.0342. The van der Waals surface area contributed by atoms with Gasteiger partial charge in [0.25, 0.3) is 0 Å². The number of carbonyl (C=O) groups excluding carboxylic acids is 1. The monoisotopic (exact) mass is 350 g/mol. The number of hydrogen-bond acceptors (Lipinski definition) is 5. The van der Waals surface area contributed by atoms with Gasteiger partial charge in [-0.3, -0.25) is 4.55 Å². The molecule has 6 nitrogen and oxygen atoms in total. The first-order chi connectivity index (χ1) is 11.3. The molecule has 0 spiro atoms. The van der Waals surface area contributed by atoms with Gasteiger partial charge in [-0.1, -0.05) is 31.2 Å². The Labute approximate surface area is 141 Å². The predicted molar refractivity (Wildman–Crippen MR) is 88.3 cm³/mol. The third-order valence-electron chi connectivity index (χ3n) is 3.42. The summed E-state index contributed by atoms with van der Waals surface area (Å²) in [7, 11) is -4.53. The molecule has 0 heterocycles. The van der Waals surface area contributed by atoms with E-state index in [1.807, 2.05) is 19.1 Å². The van der Waals surface area contributed by atoms with E-state index in [2.05, 4.69) is 4.18 Å². The third-order valence-corrected chi connectivity index (χ3v) is 3.96. The predicted octanol–water partition coefficient (Wildman–Crippen LogP) is 3.35. The molecule has 1 N–H and O–H groups in total. The molecule has 0 aliphatic rings. The Balaban J connectivity index is 2.03. The first kappa shape index (κ1) is 18.1. The van der Waals surface area contributed by atoms with Gasteiger partial charge in [-0.2, -0.15) is 8.42 Å². The highest BCUT2D eigenvalue weighted by Crippen LogP contribution is 2.22. The molecule has 0 saturated heterocycles. The second-order valence-corrected chi connectivity index (χ2v) is 6.22. The van der Waals surface area contributed by atoms with Gasteiger partial charge in [0.2, 0.25) is 0 Å². The quantitative estimate of drug-likeness (QED) is 0.488. The molecule has 0 aliphatic heterocycles. The molecule has 0 bridgehead atoms. The Hall–Kier alpha value is -2.22. The molecule has 7 heteroatoms. The van der Waals surface area contributed by atoms with E-state index >= 15 is 0 Å². The number of rotatable bonds is 6. The minimum Gasteiger partial charge on any atom is -0.423 e. The highest BCUT2D eigenvalue weighted by atomic mass is 32.3. The highest BCUT2D eigenvalue weighted by molar-refractivity contribution is 7.80. The molecule has 0 aliphatic carbocycles. The highest BCUT2D eigenvalue weighted by Gasteiger charge is 2.15. The lowest BCUT2D eigenvalue weighted by Gasteiger charge is -2.11. The number of hydrogen-bond donors (Lipinski definition) is 1. The van der Waals surface area contributed by atoms with Crippen molar-refractivity contribution in [3.8, 4) is 5.75 Å². The average molecular weight is 350 g/mol. The summed E-state index contributed by atoms with van der Waals surface area (Å²) in [4.78, 5) is 12.1. The summed E-state index contributed by atoms with van der Waals surface area (Å²) < 4.78 is 39.8. The van der Waals surface area contributed by atoms with Crippen LogP contribution in [0.3, 0.4) is 0 Å². The minimum atomic E-state index is -4.53. The average Bonchev–Trinajstić information content (AvgIpc) is 2.54. The smallest absolute Gasteiger partial charge is 0.397 e. The lowest BCUT2D eigenvalue weighted by atomic mass is 10.1. The van der Waals surface area contributed by atoms with Gasteiger partial charge in [-0.05, 0) is 48.7 Å². The second-order valence-electron chi connectivity index (χ2n) is 5.18. The Morgan fingerprint density at radius 2 is 1.67 bits per heavy atom. The van der Waals surface area contributed by atoms with Crippen molar-refractivity contribution in [3.63, 3.8) is 0 Å². The summed E-state index contributed by atoms with van der Waals surface area (Å²) in [6.45, 7) is 3.51. The van der Waals surface area contributed by atoms with Crippen molar-refractivity contribution in [2.45, 2.75) is 26.4 Å². The fourth-order valence-corrected chi connectivity index (χ4v) is 2.56. The molecule has 0 fully saturated rings. The van der Waals surface area contributed by atoms with Gasteiger partial charge in [0.05, 0.1) is 5.56 Å².